The molecule has 0 saturated carbocycles. The number of halogens is 1. The average Bonchev–Trinajstić information content (AvgIpc) is 2.49. The summed E-state index contributed by atoms with van der Waals surface area (Å²) in [5.74, 6) is -0.453. The molecule has 0 saturated heterocycles. The van der Waals surface area contributed by atoms with Crippen LogP contribution in [0.15, 0.2) is 53.4 Å². The summed E-state index contributed by atoms with van der Waals surface area (Å²) in [4.78, 5) is 11.0. The Morgan fingerprint density at radius 3 is 2.23 bits per heavy atom. The van der Waals surface area contributed by atoms with Crippen molar-refractivity contribution in [2.75, 3.05) is 0 Å². The Balaban J connectivity index is 2.15. The van der Waals surface area contributed by atoms with Gasteiger partial charge in [-0.25, -0.2) is 0 Å². The van der Waals surface area contributed by atoms with E-state index in [2.05, 4.69) is 0 Å². The molecule has 0 aliphatic rings. The molecule has 2 rings (SSSR count). The molecule has 0 fully saturated rings. The van der Waals surface area contributed by atoms with E-state index in [0.717, 1.165) is 0 Å². The normalized spacial score (nSPS) is 10.7. The van der Waals surface area contributed by atoms with E-state index in [9.17, 15) is 13.2 Å². The SMILES string of the molecule is N#CC(=O)Cc1ccc(OS(=O)(=O)c2ccc(Cl)cc2)cc1. The fourth-order valence-electron chi connectivity index (χ4n) is 1.66. The largest absolute Gasteiger partial charge is 0.379 e. The number of nitrogens with zero attached hydrogens (tertiary/aromatic N) is 1. The summed E-state index contributed by atoms with van der Waals surface area (Å²) in [6, 6.07) is 13.0. The Hall–Kier alpha value is -2.36. The number of benzene rings is 2. The zero-order chi connectivity index (χ0) is 16.2. The van der Waals surface area contributed by atoms with Gasteiger partial charge in [-0.3, -0.25) is 4.79 Å². The van der Waals surface area contributed by atoms with Crippen molar-refractivity contribution >= 4 is 27.5 Å². The Morgan fingerprint density at radius 1 is 1.09 bits per heavy atom. The first-order valence-electron chi connectivity index (χ1n) is 6.12. The standard InChI is InChI=1S/C15H10ClNO4S/c16-12-3-7-15(8-4-12)22(19,20)21-14-5-1-11(2-6-14)9-13(18)10-17/h1-8H,9H2. The molecule has 0 radical (unpaired) electrons. The molecule has 0 spiro atoms. The molecule has 0 aliphatic carbocycles. The van der Waals surface area contributed by atoms with Gasteiger partial charge >= 0.3 is 10.1 Å². The van der Waals surface area contributed by atoms with Gasteiger partial charge in [0.25, 0.3) is 0 Å². The number of nitriles is 1. The monoisotopic (exact) mass is 335 g/mol. The summed E-state index contributed by atoms with van der Waals surface area (Å²) < 4.78 is 29.1. The van der Waals surface area contributed by atoms with E-state index in [1.54, 1.807) is 0 Å². The van der Waals surface area contributed by atoms with Gasteiger partial charge in [-0.05, 0) is 42.0 Å². The first kappa shape index (κ1) is 16.0. The lowest BCUT2D eigenvalue weighted by Gasteiger charge is -2.07. The number of hydrogen-bond donors (Lipinski definition) is 0. The number of carbonyl (C=O) groups excluding carboxylic acids is 1. The second-order valence-electron chi connectivity index (χ2n) is 4.35. The highest BCUT2D eigenvalue weighted by atomic mass is 35.5. The van der Waals surface area contributed by atoms with Gasteiger partial charge in [0.15, 0.2) is 0 Å². The Labute approximate surface area is 132 Å². The predicted molar refractivity (Wildman–Crippen MR) is 80.0 cm³/mol. The summed E-state index contributed by atoms with van der Waals surface area (Å²) in [7, 11) is -3.95. The predicted octanol–water partition coefficient (Wildman–Crippen LogP) is 2.74. The molecule has 0 unspecified atom stereocenters. The maximum atomic E-state index is 12.1. The van der Waals surface area contributed by atoms with Crippen LogP contribution in [-0.4, -0.2) is 14.2 Å². The van der Waals surface area contributed by atoms with E-state index < -0.39 is 15.9 Å². The number of hydrogen-bond acceptors (Lipinski definition) is 5. The summed E-state index contributed by atoms with van der Waals surface area (Å²) in [6.07, 6.45) is -0.0271. The number of ketones is 1. The van der Waals surface area contributed by atoms with Gasteiger partial charge in [-0.1, -0.05) is 23.7 Å². The van der Waals surface area contributed by atoms with Crippen molar-refractivity contribution < 1.29 is 17.4 Å². The van der Waals surface area contributed by atoms with Gasteiger partial charge in [0.1, 0.15) is 16.7 Å². The minimum absolute atomic E-state index is 0.0133. The molecule has 0 aromatic heterocycles. The molecule has 0 aliphatic heterocycles. The van der Waals surface area contributed by atoms with E-state index in [1.165, 1.54) is 54.6 Å². The smallest absolute Gasteiger partial charge is 0.339 e. The van der Waals surface area contributed by atoms with E-state index in [4.69, 9.17) is 21.0 Å². The van der Waals surface area contributed by atoms with Crippen molar-refractivity contribution in [1.82, 2.24) is 0 Å². The van der Waals surface area contributed by atoms with E-state index >= 15 is 0 Å². The lowest BCUT2D eigenvalue weighted by Crippen LogP contribution is -2.09. The van der Waals surface area contributed by atoms with Gasteiger partial charge in [0.05, 0.1) is 0 Å². The molecule has 7 heteroatoms. The van der Waals surface area contributed by atoms with E-state index in [0.29, 0.717) is 10.6 Å². The summed E-state index contributed by atoms with van der Waals surface area (Å²) >= 11 is 5.71. The fraction of sp³-hybridized carbons (Fsp3) is 0.0667. The van der Waals surface area contributed by atoms with E-state index in [1.807, 2.05) is 0 Å². The minimum atomic E-state index is -3.95. The maximum Gasteiger partial charge on any atom is 0.339 e. The van der Waals surface area contributed by atoms with Crippen LogP contribution in [0.1, 0.15) is 5.56 Å². The molecule has 22 heavy (non-hydrogen) atoms. The molecular formula is C15H10ClNO4S. The molecule has 0 atom stereocenters. The second kappa shape index (κ2) is 6.60. The third-order valence-corrected chi connectivity index (χ3v) is 4.23. The van der Waals surface area contributed by atoms with Gasteiger partial charge < -0.3 is 4.18 Å². The van der Waals surface area contributed by atoms with Crippen LogP contribution in [0.4, 0.5) is 0 Å². The minimum Gasteiger partial charge on any atom is -0.379 e. The fourth-order valence-corrected chi connectivity index (χ4v) is 2.72. The molecule has 0 N–H and O–H groups in total. The third-order valence-electron chi connectivity index (χ3n) is 2.72. The molecule has 2 aromatic carbocycles. The number of rotatable bonds is 5. The molecule has 0 bridgehead atoms. The zero-order valence-electron chi connectivity index (χ0n) is 11.2. The summed E-state index contributed by atoms with van der Waals surface area (Å²) in [6.45, 7) is 0. The van der Waals surface area contributed by atoms with Crippen LogP contribution in [0.3, 0.4) is 0 Å². The highest BCUT2D eigenvalue weighted by molar-refractivity contribution is 7.87. The van der Waals surface area contributed by atoms with Crippen LogP contribution in [0.25, 0.3) is 0 Å². The lowest BCUT2D eigenvalue weighted by atomic mass is 10.1. The Bertz CT molecular complexity index is 821. The first-order chi connectivity index (χ1) is 10.4. The number of carbonyl (C=O) groups is 1. The molecular weight excluding hydrogens is 326 g/mol. The molecule has 5 nitrogen and oxygen atoms in total. The molecule has 0 heterocycles. The third kappa shape index (κ3) is 4.07. The highest BCUT2D eigenvalue weighted by Crippen LogP contribution is 2.20. The van der Waals surface area contributed by atoms with Crippen molar-refractivity contribution in [3.8, 4) is 11.8 Å². The van der Waals surface area contributed by atoms with Crippen molar-refractivity contribution in [2.45, 2.75) is 11.3 Å². The lowest BCUT2D eigenvalue weighted by molar-refractivity contribution is -0.113. The first-order valence-corrected chi connectivity index (χ1v) is 7.91. The van der Waals surface area contributed by atoms with Crippen molar-refractivity contribution in [1.29, 1.82) is 5.26 Å². The van der Waals surface area contributed by atoms with Crippen LogP contribution in [0.5, 0.6) is 5.75 Å². The van der Waals surface area contributed by atoms with Crippen molar-refractivity contribution in [3.63, 3.8) is 0 Å². The van der Waals surface area contributed by atoms with Crippen molar-refractivity contribution in [2.24, 2.45) is 0 Å². The van der Waals surface area contributed by atoms with Crippen LogP contribution in [0.2, 0.25) is 5.02 Å². The van der Waals surface area contributed by atoms with E-state index in [-0.39, 0.29) is 17.1 Å². The molecule has 112 valence electrons. The Kier molecular flexibility index (Phi) is 4.81. The van der Waals surface area contributed by atoms with Crippen LogP contribution in [-0.2, 0) is 21.3 Å². The van der Waals surface area contributed by atoms with Crippen LogP contribution >= 0.6 is 11.6 Å². The van der Waals surface area contributed by atoms with Gasteiger partial charge in [0, 0.05) is 11.4 Å². The quantitative estimate of drug-likeness (QED) is 0.619. The van der Waals surface area contributed by atoms with Gasteiger partial charge in [-0.15, -0.1) is 0 Å². The number of Topliss-reactive ketones (excluding diaryl/α,β-unsaturated/α-hetero) is 1. The molecule has 2 aromatic rings. The molecule has 0 amide bonds. The topological polar surface area (TPSA) is 84.2 Å². The Morgan fingerprint density at radius 2 is 1.68 bits per heavy atom. The zero-order valence-corrected chi connectivity index (χ0v) is 12.8. The maximum absolute atomic E-state index is 12.1. The highest BCUT2D eigenvalue weighted by Gasteiger charge is 2.16. The van der Waals surface area contributed by atoms with Gasteiger partial charge in [0.2, 0.25) is 5.78 Å². The summed E-state index contributed by atoms with van der Waals surface area (Å²) in [5.41, 5.74) is 0.600. The van der Waals surface area contributed by atoms with Crippen LogP contribution < -0.4 is 4.18 Å². The second-order valence-corrected chi connectivity index (χ2v) is 6.33. The van der Waals surface area contributed by atoms with Crippen LogP contribution in [0, 0.1) is 11.3 Å². The van der Waals surface area contributed by atoms with Crippen molar-refractivity contribution in [3.05, 3.63) is 59.1 Å². The summed E-state index contributed by atoms with van der Waals surface area (Å²) in [5, 5.41) is 8.86. The van der Waals surface area contributed by atoms with Gasteiger partial charge in [-0.2, -0.15) is 13.7 Å². The average molecular weight is 336 g/mol.